The van der Waals surface area contributed by atoms with Gasteiger partial charge in [0.05, 0.1) is 18.9 Å². The number of guanidine groups is 1. The van der Waals surface area contributed by atoms with Gasteiger partial charge in [0, 0.05) is 37.9 Å². The largest absolute Gasteiger partial charge is 0.370 e. The monoisotopic (exact) mass is 1190 g/mol. The van der Waals surface area contributed by atoms with Gasteiger partial charge in [0.15, 0.2) is 5.96 Å². The van der Waals surface area contributed by atoms with Crippen molar-refractivity contribution in [1.29, 1.82) is 5.41 Å². The third-order valence-electron chi connectivity index (χ3n) is 13.5. The summed E-state index contributed by atoms with van der Waals surface area (Å²) in [6, 6.07) is -9.13. The topological polar surface area (TPSA) is 555 Å². The van der Waals surface area contributed by atoms with Gasteiger partial charge in [0.2, 0.25) is 53.2 Å². The minimum absolute atomic E-state index is 0.0340. The Labute approximate surface area is 490 Å². The number of carbonyl (C=O) groups is 10. The third-order valence-corrected chi connectivity index (χ3v) is 13.5. The Morgan fingerprint density at radius 3 is 1.79 bits per heavy atom. The standard InChI is InChI=1S/C52H96N22O10/c1-32(67-46(79)38(17-24-58)69-44(77)34(59)12-2-5-19-53)43(76)65-30-42(75)68-39(15-10-23-57)51(84)74-27-18-41(74)50(83)73-40(28-33-29-62-31-66-33)49(82)72-36(14-4-7-21-55)47(80)71-37(16-11-26-64-52(60)61)48(81)70-35(13-3-6-20-54)45(78)63-25-9-8-22-56/h16,29,31-32,34-36,38-41H,2-15,17-28,30,53-59H2,1H3,(H,62,66)(H,63,78)(H,65,76)(H,67,79)(H,68,75)(H,69,77)(H,70,81)(H,71,80)(H,72,82)(H,73,83)(H4,60,61,64)/b37-16-/t32?,34?,35-,36-,38-,39+,40?,41?/m0/s1. The number of amides is 10. The molecule has 28 N–H and O–H groups in total. The minimum Gasteiger partial charge on any atom is -0.370 e. The molecule has 2 rings (SSSR count). The zero-order chi connectivity index (χ0) is 62.4. The number of hydrogen-bond donors (Lipinski definition) is 20. The fourth-order valence-corrected chi connectivity index (χ4v) is 8.58. The van der Waals surface area contributed by atoms with E-state index in [9.17, 15) is 47.9 Å². The molecule has 32 heteroatoms. The summed E-state index contributed by atoms with van der Waals surface area (Å²) in [6.45, 7) is 2.96. The number of nitrogens with zero attached hydrogens (tertiary/aromatic N) is 2. The van der Waals surface area contributed by atoms with E-state index in [0.717, 1.165) is 0 Å². The molecule has 4 unspecified atom stereocenters. The van der Waals surface area contributed by atoms with E-state index >= 15 is 0 Å². The minimum atomic E-state index is -1.36. The van der Waals surface area contributed by atoms with Gasteiger partial charge < -0.3 is 109 Å². The Morgan fingerprint density at radius 1 is 0.619 bits per heavy atom. The lowest BCUT2D eigenvalue weighted by molar-refractivity contribution is -0.150. The summed E-state index contributed by atoms with van der Waals surface area (Å²) >= 11 is 0. The summed E-state index contributed by atoms with van der Waals surface area (Å²) in [5.74, 6) is -7.38. The molecule has 1 saturated heterocycles. The molecule has 2 heterocycles. The van der Waals surface area contributed by atoms with Crippen molar-refractivity contribution >= 4 is 65.0 Å². The zero-order valence-corrected chi connectivity index (χ0v) is 48.5. The summed E-state index contributed by atoms with van der Waals surface area (Å²) in [5, 5.41) is 33.8. The van der Waals surface area contributed by atoms with E-state index in [2.05, 4.69) is 63.1 Å². The van der Waals surface area contributed by atoms with Crippen LogP contribution in [0.25, 0.3) is 0 Å². The van der Waals surface area contributed by atoms with Crippen LogP contribution in [0.4, 0.5) is 0 Å². The quantitative estimate of drug-likeness (QED) is 0.0125. The number of likely N-dealkylation sites (tertiary alicyclic amines) is 1. The van der Waals surface area contributed by atoms with Crippen LogP contribution in [0.2, 0.25) is 0 Å². The predicted molar refractivity (Wildman–Crippen MR) is 313 cm³/mol. The summed E-state index contributed by atoms with van der Waals surface area (Å²) in [4.78, 5) is 145. The average Bonchev–Trinajstić information content (AvgIpc) is 3.36. The lowest BCUT2D eigenvalue weighted by Gasteiger charge is -2.42. The van der Waals surface area contributed by atoms with Gasteiger partial charge in [-0.1, -0.05) is 12.5 Å². The maximum atomic E-state index is 14.4. The summed E-state index contributed by atoms with van der Waals surface area (Å²) in [6.07, 6.45) is 9.79. The van der Waals surface area contributed by atoms with Crippen LogP contribution in [-0.4, -0.2) is 194 Å². The van der Waals surface area contributed by atoms with Gasteiger partial charge in [-0.05, 0) is 143 Å². The van der Waals surface area contributed by atoms with Crippen LogP contribution in [0.1, 0.15) is 115 Å². The number of carbonyl (C=O) groups excluding carboxylic acids is 10. The molecule has 0 radical (unpaired) electrons. The molecule has 84 heavy (non-hydrogen) atoms. The van der Waals surface area contributed by atoms with Gasteiger partial charge in [-0.15, -0.1) is 0 Å². The van der Waals surface area contributed by atoms with Crippen LogP contribution in [0.3, 0.4) is 0 Å². The number of hydrogen-bond acceptors (Lipinski definition) is 19. The molecular weight excluding hydrogens is 1090 g/mol. The van der Waals surface area contributed by atoms with Crippen molar-refractivity contribution in [1.82, 2.24) is 68.0 Å². The number of nitrogens with one attached hydrogen (secondary N) is 12. The number of imidazole rings is 1. The lowest BCUT2D eigenvalue weighted by atomic mass is 9.98. The molecule has 0 aromatic carbocycles. The highest BCUT2D eigenvalue weighted by molar-refractivity contribution is 6.02. The van der Waals surface area contributed by atoms with Crippen molar-refractivity contribution in [3.8, 4) is 0 Å². The molecule has 1 aliphatic heterocycles. The van der Waals surface area contributed by atoms with Gasteiger partial charge >= 0.3 is 0 Å². The molecule has 32 nitrogen and oxygen atoms in total. The van der Waals surface area contributed by atoms with E-state index in [-0.39, 0.29) is 95.7 Å². The molecule has 1 aromatic heterocycles. The van der Waals surface area contributed by atoms with Crippen LogP contribution in [0.5, 0.6) is 0 Å². The van der Waals surface area contributed by atoms with Crippen molar-refractivity contribution in [2.45, 2.75) is 164 Å². The Bertz CT molecular complexity index is 2270. The lowest BCUT2D eigenvalue weighted by Crippen LogP contribution is -2.64. The van der Waals surface area contributed by atoms with Gasteiger partial charge in [0.25, 0.3) is 5.91 Å². The summed E-state index contributed by atoms with van der Waals surface area (Å²) < 4.78 is 0. The van der Waals surface area contributed by atoms with Gasteiger partial charge in [-0.3, -0.25) is 53.4 Å². The van der Waals surface area contributed by atoms with Crippen LogP contribution in [0.15, 0.2) is 24.3 Å². The highest BCUT2D eigenvalue weighted by atomic mass is 16.2. The molecule has 1 aromatic rings. The fourth-order valence-electron chi connectivity index (χ4n) is 8.58. The van der Waals surface area contributed by atoms with Crippen LogP contribution >= 0.6 is 0 Å². The molecule has 0 aliphatic carbocycles. The van der Waals surface area contributed by atoms with Crippen molar-refractivity contribution in [3.63, 3.8) is 0 Å². The highest BCUT2D eigenvalue weighted by Crippen LogP contribution is 2.21. The first-order chi connectivity index (χ1) is 40.2. The first-order valence-electron chi connectivity index (χ1n) is 28.9. The number of rotatable bonds is 44. The SMILES string of the molecule is CC(NC(=O)[C@H](CCN)NC(=O)C(N)CCCCN)C(=O)NCC(=O)N[C@H](CCCN)C(=O)N1CCC1C(=O)NC(Cc1cnc[nH]1)C(=O)N[C@@H](CCCCN)C(=O)N/C(=C\CCNC(=N)N)C(=O)N[C@@H](CCCCN)C(=O)NCCCCN. The number of H-pyrrole nitrogens is 1. The Hall–Kier alpha value is -7.36. The van der Waals surface area contributed by atoms with E-state index in [1.54, 1.807) is 0 Å². The normalized spacial score (nSPS) is 15.5. The van der Waals surface area contributed by atoms with E-state index in [1.807, 2.05) is 0 Å². The first kappa shape index (κ1) is 72.7. The highest BCUT2D eigenvalue weighted by Gasteiger charge is 2.42. The molecule has 10 amide bonds. The molecule has 0 bridgehead atoms. The van der Waals surface area contributed by atoms with E-state index in [4.69, 9.17) is 51.3 Å². The maximum Gasteiger partial charge on any atom is 0.268 e. The Balaban J connectivity index is 2.28. The van der Waals surface area contributed by atoms with Gasteiger partial charge in [-0.25, -0.2) is 4.98 Å². The number of unbranched alkanes of at least 4 members (excludes halogenated alkanes) is 4. The van der Waals surface area contributed by atoms with E-state index < -0.39 is 114 Å². The molecule has 8 atom stereocenters. The summed E-state index contributed by atoms with van der Waals surface area (Å²) in [5.41, 5.74) is 45.7. The second-order valence-electron chi connectivity index (χ2n) is 20.4. The van der Waals surface area contributed by atoms with Crippen LogP contribution < -0.4 is 99.0 Å². The predicted octanol–water partition coefficient (Wildman–Crippen LogP) is -6.87. The molecule has 1 fully saturated rings. The van der Waals surface area contributed by atoms with Crippen molar-refractivity contribution < 1.29 is 47.9 Å². The van der Waals surface area contributed by atoms with Crippen LogP contribution in [-0.2, 0) is 54.4 Å². The Morgan fingerprint density at radius 2 is 1.20 bits per heavy atom. The first-order valence-corrected chi connectivity index (χ1v) is 28.9. The number of aromatic nitrogens is 2. The molecule has 0 spiro atoms. The smallest absolute Gasteiger partial charge is 0.268 e. The van der Waals surface area contributed by atoms with E-state index in [0.29, 0.717) is 89.7 Å². The molecule has 0 saturated carbocycles. The van der Waals surface area contributed by atoms with Crippen molar-refractivity contribution in [2.24, 2.45) is 45.9 Å². The number of aromatic amines is 1. The zero-order valence-electron chi connectivity index (χ0n) is 48.5. The maximum absolute atomic E-state index is 14.4. The van der Waals surface area contributed by atoms with Crippen molar-refractivity contribution in [2.75, 3.05) is 65.4 Å². The number of nitrogens with two attached hydrogens (primary N) is 8. The summed E-state index contributed by atoms with van der Waals surface area (Å²) in [7, 11) is 0. The second kappa shape index (κ2) is 41.6. The van der Waals surface area contributed by atoms with E-state index in [1.165, 1.54) is 30.4 Å². The Kier molecular flexibility index (Phi) is 36.0. The van der Waals surface area contributed by atoms with Crippen LogP contribution in [0, 0.1) is 5.41 Å². The average molecular weight is 1190 g/mol. The van der Waals surface area contributed by atoms with Crippen molar-refractivity contribution in [3.05, 3.63) is 30.0 Å². The van der Waals surface area contributed by atoms with Gasteiger partial charge in [-0.2, -0.15) is 0 Å². The third kappa shape index (κ3) is 27.8. The molecule has 1 aliphatic rings. The van der Waals surface area contributed by atoms with Gasteiger partial charge in [0.1, 0.15) is 48.0 Å². The molecular formula is C52H96N22O10. The molecule has 474 valence electrons. The fraction of sp³-hybridized carbons (Fsp3) is 0.692. The second-order valence-corrected chi connectivity index (χ2v) is 20.4.